The molecule has 0 saturated heterocycles. The van der Waals surface area contributed by atoms with Crippen molar-refractivity contribution < 1.29 is 38.2 Å². The Balaban J connectivity index is 1.11. The Morgan fingerprint density at radius 1 is 0.475 bits per heavy atom. The molecule has 8 nitrogen and oxygen atoms in total. The maximum Gasteiger partial charge on any atom is 0.333 e. The molecule has 4 aromatic heterocycles. The number of ketones is 4. The minimum absolute atomic E-state index is 0.104. The molecule has 3 aliphatic rings. The summed E-state index contributed by atoms with van der Waals surface area (Å²) in [5, 5.41) is 0. The molecule has 0 radical (unpaired) electrons. The van der Waals surface area contributed by atoms with E-state index in [1.165, 1.54) is 45.3 Å². The van der Waals surface area contributed by atoms with E-state index in [9.17, 15) is 19.2 Å². The van der Waals surface area contributed by atoms with Gasteiger partial charge in [0, 0.05) is 52.6 Å². The summed E-state index contributed by atoms with van der Waals surface area (Å²) in [5.41, 5.74) is 2.69. The number of thiophene rings is 4. The Bertz CT molecular complexity index is 3100. The van der Waals surface area contributed by atoms with Gasteiger partial charge in [0.05, 0.1) is 19.2 Å². The SMILES string of the molecule is O=C1C(=O)c2ccccc2/C1=C/c1cc2sc3c(c2s1)C(C(=O)OCc1ccccc1)(C(=O)OCc1ccccc1)c1c-3sc2cc(/C=C3\C(=O)C(=O)c4ccccc43)sc12. The lowest BCUT2D eigenvalue weighted by Gasteiger charge is -2.27. The van der Waals surface area contributed by atoms with Crippen molar-refractivity contribution in [1.82, 2.24) is 0 Å². The Hall–Kier alpha value is -6.70. The second-order valence-corrected chi connectivity index (χ2v) is 19.0. The third-order valence-corrected chi connectivity index (χ3v) is 16.1. The zero-order valence-corrected chi connectivity index (χ0v) is 34.8. The molecule has 0 saturated carbocycles. The quantitative estimate of drug-likeness (QED) is 0.0641. The second-order valence-electron chi connectivity index (χ2n) is 14.7. The number of ether oxygens (including phenoxy) is 2. The average Bonchev–Trinajstić information content (AvgIpc) is 4.14. The summed E-state index contributed by atoms with van der Waals surface area (Å²) in [4.78, 5) is 85.7. The molecule has 0 aliphatic heterocycles. The fraction of sp³-hybridized carbons (Fsp3) is 0.0612. The lowest BCUT2D eigenvalue weighted by atomic mass is 9.79. The summed E-state index contributed by atoms with van der Waals surface area (Å²) >= 11 is 5.52. The Kier molecular flexibility index (Phi) is 8.69. The highest BCUT2D eigenvalue weighted by Crippen LogP contribution is 2.63. The van der Waals surface area contributed by atoms with Crippen LogP contribution in [0.3, 0.4) is 0 Å². The third kappa shape index (κ3) is 5.67. The van der Waals surface area contributed by atoms with E-state index in [0.29, 0.717) is 52.5 Å². The van der Waals surface area contributed by atoms with Crippen molar-refractivity contribution in [2.75, 3.05) is 0 Å². The molecule has 3 aliphatic carbocycles. The molecule has 8 aromatic rings. The molecule has 294 valence electrons. The number of carbonyl (C=O) groups excluding carboxylic acids is 6. The summed E-state index contributed by atoms with van der Waals surface area (Å²) < 4.78 is 15.3. The fourth-order valence-electron chi connectivity index (χ4n) is 8.37. The summed E-state index contributed by atoms with van der Waals surface area (Å²) in [6.45, 7) is -0.208. The van der Waals surface area contributed by atoms with Crippen LogP contribution in [0.4, 0.5) is 0 Å². The number of Topliss-reactive ketones (excluding diaryl/α,β-unsaturated/α-hetero) is 4. The van der Waals surface area contributed by atoms with Gasteiger partial charge in [0.15, 0.2) is 0 Å². The zero-order valence-electron chi connectivity index (χ0n) is 31.5. The fourth-order valence-corrected chi connectivity index (χ4v) is 13.9. The largest absolute Gasteiger partial charge is 0.459 e. The summed E-state index contributed by atoms with van der Waals surface area (Å²) in [6, 6.07) is 36.1. The van der Waals surface area contributed by atoms with Gasteiger partial charge in [0.2, 0.25) is 28.5 Å². The molecule has 0 unspecified atom stereocenters. The first kappa shape index (κ1) is 37.3. The number of hydrogen-bond donors (Lipinski definition) is 0. The molecule has 0 fully saturated rings. The molecule has 0 amide bonds. The van der Waals surface area contributed by atoms with E-state index in [1.54, 1.807) is 60.7 Å². The number of carbonyl (C=O) groups is 6. The van der Waals surface area contributed by atoms with E-state index in [0.717, 1.165) is 30.3 Å². The van der Waals surface area contributed by atoms with Crippen molar-refractivity contribution in [2.24, 2.45) is 0 Å². The molecule has 0 N–H and O–H groups in total. The molecule has 0 spiro atoms. The van der Waals surface area contributed by atoms with Gasteiger partial charge in [0.25, 0.3) is 0 Å². The van der Waals surface area contributed by atoms with Gasteiger partial charge in [-0.05, 0) is 46.5 Å². The lowest BCUT2D eigenvalue weighted by molar-refractivity contribution is -0.164. The minimum Gasteiger partial charge on any atom is -0.459 e. The molecular weight excluding hydrogens is 845 g/mol. The molecule has 0 bridgehead atoms. The van der Waals surface area contributed by atoms with E-state index in [4.69, 9.17) is 9.47 Å². The van der Waals surface area contributed by atoms with Crippen molar-refractivity contribution in [1.29, 1.82) is 0 Å². The Labute approximate surface area is 362 Å². The number of allylic oxidation sites excluding steroid dienone is 2. The minimum atomic E-state index is -2.08. The van der Waals surface area contributed by atoms with Gasteiger partial charge in [0.1, 0.15) is 13.2 Å². The number of hydrogen-bond acceptors (Lipinski definition) is 12. The topological polar surface area (TPSA) is 121 Å². The zero-order chi connectivity index (χ0) is 41.6. The normalized spacial score (nSPS) is 16.1. The van der Waals surface area contributed by atoms with Crippen LogP contribution in [0.25, 0.3) is 51.9 Å². The molecule has 4 heterocycles. The van der Waals surface area contributed by atoms with Crippen LogP contribution >= 0.6 is 45.3 Å². The van der Waals surface area contributed by atoms with Gasteiger partial charge in [-0.3, -0.25) is 28.8 Å². The predicted molar refractivity (Wildman–Crippen MR) is 239 cm³/mol. The smallest absolute Gasteiger partial charge is 0.333 e. The first-order valence-electron chi connectivity index (χ1n) is 19.1. The van der Waals surface area contributed by atoms with Gasteiger partial charge in [-0.15, -0.1) is 45.3 Å². The van der Waals surface area contributed by atoms with E-state index < -0.39 is 40.5 Å². The van der Waals surface area contributed by atoms with Crippen molar-refractivity contribution >= 4 is 123 Å². The van der Waals surface area contributed by atoms with Gasteiger partial charge in [-0.1, -0.05) is 109 Å². The summed E-state index contributed by atoms with van der Waals surface area (Å²) in [6.07, 6.45) is 3.41. The van der Waals surface area contributed by atoms with E-state index in [2.05, 4.69) is 0 Å². The number of rotatable bonds is 8. The average molecular weight is 871 g/mol. The molecule has 12 heteroatoms. The first-order chi connectivity index (χ1) is 29.7. The second kappa shape index (κ2) is 14.2. The Morgan fingerprint density at radius 3 is 1.26 bits per heavy atom. The maximum atomic E-state index is 15.3. The molecular formula is C49H26O8S4. The third-order valence-electron chi connectivity index (χ3n) is 11.2. The molecule has 11 rings (SSSR count). The highest BCUT2D eigenvalue weighted by atomic mass is 32.1. The van der Waals surface area contributed by atoms with E-state index in [1.807, 2.05) is 72.8 Å². The van der Waals surface area contributed by atoms with Gasteiger partial charge in [-0.25, -0.2) is 0 Å². The van der Waals surface area contributed by atoms with Gasteiger partial charge in [-0.2, -0.15) is 0 Å². The first-order valence-corrected chi connectivity index (χ1v) is 22.4. The van der Waals surface area contributed by atoms with Crippen LogP contribution in [0, 0.1) is 0 Å². The van der Waals surface area contributed by atoms with E-state index in [-0.39, 0.29) is 24.4 Å². The lowest BCUT2D eigenvalue weighted by Crippen LogP contribution is -2.45. The summed E-state index contributed by atoms with van der Waals surface area (Å²) in [7, 11) is 0. The van der Waals surface area contributed by atoms with Crippen LogP contribution < -0.4 is 0 Å². The summed E-state index contributed by atoms with van der Waals surface area (Å²) in [5.74, 6) is -3.90. The van der Waals surface area contributed by atoms with Crippen molar-refractivity contribution in [3.05, 3.63) is 176 Å². The van der Waals surface area contributed by atoms with Crippen LogP contribution in [0.5, 0.6) is 0 Å². The van der Waals surface area contributed by atoms with Crippen molar-refractivity contribution in [2.45, 2.75) is 18.6 Å². The highest BCUT2D eigenvalue weighted by Gasteiger charge is 2.62. The molecule has 61 heavy (non-hydrogen) atoms. The van der Waals surface area contributed by atoms with E-state index >= 15 is 9.59 Å². The maximum absolute atomic E-state index is 15.3. The van der Waals surface area contributed by atoms with Crippen LogP contribution in [0.1, 0.15) is 63.9 Å². The van der Waals surface area contributed by atoms with Crippen LogP contribution in [-0.2, 0) is 47.3 Å². The van der Waals surface area contributed by atoms with Crippen LogP contribution in [0.15, 0.2) is 121 Å². The molecule has 4 aromatic carbocycles. The number of fused-ring (bicyclic) bond motifs is 9. The monoisotopic (exact) mass is 870 g/mol. The van der Waals surface area contributed by atoms with Gasteiger partial charge < -0.3 is 9.47 Å². The number of benzene rings is 4. The van der Waals surface area contributed by atoms with Crippen LogP contribution in [-0.4, -0.2) is 35.1 Å². The molecule has 0 atom stereocenters. The standard InChI is InChI=1S/C49H26O8S4/c50-39-31-17-9-7-15-29(31)33(41(39)52)19-27-21-35-43(58-27)37-45(60-35)46-38(44-36(61-46)22-28(59-44)20-34-30-16-8-10-18-32(30)40(51)42(34)53)49(37,47(54)56-23-25-11-3-1-4-12-25)48(55)57-24-26-13-5-2-6-14-26/h1-22H,23-24H2/b33-19-,34-20-. The number of esters is 2. The van der Waals surface area contributed by atoms with Crippen LogP contribution in [0.2, 0.25) is 0 Å². The predicted octanol–water partition coefficient (Wildman–Crippen LogP) is 10.6. The Morgan fingerprint density at radius 2 is 0.852 bits per heavy atom. The van der Waals surface area contributed by atoms with Gasteiger partial charge >= 0.3 is 11.9 Å². The van der Waals surface area contributed by atoms with Crippen molar-refractivity contribution in [3.8, 4) is 9.75 Å². The highest BCUT2D eigenvalue weighted by molar-refractivity contribution is 7.35. The van der Waals surface area contributed by atoms with Crippen molar-refractivity contribution in [3.63, 3.8) is 0 Å².